The Hall–Kier alpha value is -4.83. The minimum atomic E-state index is -0.597. The summed E-state index contributed by atoms with van der Waals surface area (Å²) in [7, 11) is 0. The molecule has 0 N–H and O–H groups in total. The summed E-state index contributed by atoms with van der Waals surface area (Å²) in [6.45, 7) is 6.84. The van der Waals surface area contributed by atoms with Gasteiger partial charge in [-0.15, -0.1) is 0 Å². The van der Waals surface area contributed by atoms with E-state index in [4.69, 9.17) is 18.9 Å². The fourth-order valence-corrected chi connectivity index (χ4v) is 7.58. The molecule has 0 radical (unpaired) electrons. The Morgan fingerprint density at radius 3 is 1.75 bits per heavy atom. The van der Waals surface area contributed by atoms with Crippen molar-refractivity contribution < 1.29 is 33.3 Å². The van der Waals surface area contributed by atoms with Crippen LogP contribution in [0.4, 0.5) is 0 Å². The summed E-state index contributed by atoms with van der Waals surface area (Å²) >= 11 is 0. The molecule has 0 unspecified atom stereocenters. The van der Waals surface area contributed by atoms with E-state index in [9.17, 15) is 14.4 Å². The second-order valence-corrected chi connectivity index (χ2v) is 15.9. The molecule has 3 aromatic rings. The molecule has 1 saturated carbocycles. The third-order valence-corrected chi connectivity index (χ3v) is 11.1. The molecule has 7 heteroatoms. The number of ether oxygens (including phenoxy) is 4. The molecule has 59 heavy (non-hydrogen) atoms. The van der Waals surface area contributed by atoms with Gasteiger partial charge in [0.2, 0.25) is 0 Å². The third kappa shape index (κ3) is 19.7. The van der Waals surface area contributed by atoms with Gasteiger partial charge in [-0.25, -0.2) is 9.59 Å². The van der Waals surface area contributed by atoms with Crippen molar-refractivity contribution in [2.24, 2.45) is 0 Å². The smallest absolute Gasteiger partial charge is 0.390 e. The first-order valence-corrected chi connectivity index (χ1v) is 22.6. The summed E-state index contributed by atoms with van der Waals surface area (Å²) in [5.41, 5.74) is 4.09. The summed E-state index contributed by atoms with van der Waals surface area (Å²) < 4.78 is 22.3. The van der Waals surface area contributed by atoms with E-state index < -0.39 is 5.97 Å². The van der Waals surface area contributed by atoms with Crippen molar-refractivity contribution in [1.29, 1.82) is 0 Å². The molecule has 7 nitrogen and oxygen atoms in total. The van der Waals surface area contributed by atoms with Crippen molar-refractivity contribution in [2.75, 3.05) is 13.2 Å². The quantitative estimate of drug-likeness (QED) is 0.0249. The number of rotatable bonds is 27. The molecule has 3 aromatic carbocycles. The van der Waals surface area contributed by atoms with Crippen LogP contribution < -0.4 is 9.47 Å². The number of benzene rings is 3. The first kappa shape index (κ1) is 46.9. The van der Waals surface area contributed by atoms with E-state index in [2.05, 4.69) is 37.5 Å². The SMILES string of the molecule is C=CC(=O)OCCCCCCCCCCCOc1ccc(-c2ccc(C#CC(=O)Oc3ccc(C4CCC(OC(=O)CCCCCCCCCC)CC4)cc3)cc2)cc1. The van der Waals surface area contributed by atoms with Gasteiger partial charge in [0, 0.05) is 24.0 Å². The number of carbonyl (C=O) groups excluding carboxylic acids is 3. The summed E-state index contributed by atoms with van der Waals surface area (Å²) in [5, 5.41) is 0. The Morgan fingerprint density at radius 1 is 0.627 bits per heavy atom. The highest BCUT2D eigenvalue weighted by Gasteiger charge is 2.25. The van der Waals surface area contributed by atoms with Crippen molar-refractivity contribution in [3.8, 4) is 34.5 Å². The second-order valence-electron chi connectivity index (χ2n) is 15.9. The number of hydrogen-bond donors (Lipinski definition) is 0. The van der Waals surface area contributed by atoms with Crippen molar-refractivity contribution in [3.05, 3.63) is 96.6 Å². The number of carbonyl (C=O) groups is 3. The van der Waals surface area contributed by atoms with Gasteiger partial charge < -0.3 is 18.9 Å². The first-order chi connectivity index (χ1) is 28.9. The highest BCUT2D eigenvalue weighted by molar-refractivity contribution is 5.90. The molecule has 0 atom stereocenters. The molecule has 0 heterocycles. The van der Waals surface area contributed by atoms with Crippen molar-refractivity contribution in [1.82, 2.24) is 0 Å². The minimum Gasteiger partial charge on any atom is -0.494 e. The van der Waals surface area contributed by atoms with Gasteiger partial charge in [-0.3, -0.25) is 4.79 Å². The van der Waals surface area contributed by atoms with E-state index in [1.54, 1.807) is 0 Å². The van der Waals surface area contributed by atoms with E-state index in [-0.39, 0.29) is 18.0 Å². The molecule has 1 fully saturated rings. The van der Waals surface area contributed by atoms with E-state index in [0.29, 0.717) is 31.3 Å². The molecule has 318 valence electrons. The monoisotopic (exact) mass is 804 g/mol. The van der Waals surface area contributed by atoms with Crippen LogP contribution in [-0.4, -0.2) is 37.2 Å². The molecule has 0 saturated heterocycles. The lowest BCUT2D eigenvalue weighted by atomic mass is 9.83. The van der Waals surface area contributed by atoms with Crippen LogP contribution in [0, 0.1) is 11.8 Å². The predicted molar refractivity (Wildman–Crippen MR) is 237 cm³/mol. The maximum absolute atomic E-state index is 12.5. The summed E-state index contributed by atoms with van der Waals surface area (Å²) in [6.07, 6.45) is 25.6. The lowest BCUT2D eigenvalue weighted by Gasteiger charge is -2.28. The number of unbranched alkanes of at least 4 members (excludes halogenated alkanes) is 15. The van der Waals surface area contributed by atoms with Gasteiger partial charge in [-0.1, -0.05) is 146 Å². The molecule has 0 spiro atoms. The Morgan fingerprint density at radius 2 is 1.15 bits per heavy atom. The van der Waals surface area contributed by atoms with Crippen LogP contribution in [0.1, 0.15) is 165 Å². The topological polar surface area (TPSA) is 88.1 Å². The Labute approximate surface area is 354 Å². The van der Waals surface area contributed by atoms with Crippen LogP contribution in [0.3, 0.4) is 0 Å². The van der Waals surface area contributed by atoms with Crippen molar-refractivity contribution in [2.45, 2.75) is 160 Å². The molecule has 0 bridgehead atoms. The lowest BCUT2D eigenvalue weighted by Crippen LogP contribution is -2.23. The average Bonchev–Trinajstić information content (AvgIpc) is 3.26. The van der Waals surface area contributed by atoms with Crippen LogP contribution in [0.5, 0.6) is 11.5 Å². The highest BCUT2D eigenvalue weighted by atomic mass is 16.5. The maximum Gasteiger partial charge on any atom is 0.390 e. The fraction of sp³-hybridized carbons (Fsp3) is 0.519. The maximum atomic E-state index is 12.5. The van der Waals surface area contributed by atoms with Crippen LogP contribution in [0.25, 0.3) is 11.1 Å². The summed E-state index contributed by atoms with van der Waals surface area (Å²) in [5.74, 6) is 6.30. The molecule has 4 rings (SSSR count). The largest absolute Gasteiger partial charge is 0.494 e. The zero-order valence-electron chi connectivity index (χ0n) is 35.7. The van der Waals surface area contributed by atoms with Gasteiger partial charge in [0.25, 0.3) is 0 Å². The van der Waals surface area contributed by atoms with Gasteiger partial charge in [0.15, 0.2) is 0 Å². The van der Waals surface area contributed by atoms with Gasteiger partial charge in [-0.05, 0) is 104 Å². The van der Waals surface area contributed by atoms with Gasteiger partial charge >= 0.3 is 17.9 Å². The molecule has 0 aromatic heterocycles. The van der Waals surface area contributed by atoms with E-state index in [0.717, 1.165) is 80.2 Å². The predicted octanol–water partition coefficient (Wildman–Crippen LogP) is 13.0. The van der Waals surface area contributed by atoms with Crippen molar-refractivity contribution in [3.63, 3.8) is 0 Å². The molecule has 0 aliphatic heterocycles. The van der Waals surface area contributed by atoms with E-state index in [1.165, 1.54) is 88.7 Å². The average molecular weight is 805 g/mol. The third-order valence-electron chi connectivity index (χ3n) is 11.1. The minimum absolute atomic E-state index is 0.0227. The van der Waals surface area contributed by atoms with Crippen LogP contribution >= 0.6 is 0 Å². The standard InChI is InChI=1S/C52H68O7/c1-3-5-6-7-8-12-15-18-21-51(54)58-48-35-29-45(30-36-48)46-31-37-49(38-32-46)59-52(55)39-24-42-22-25-43(26-23-42)44-27-33-47(34-28-44)56-40-19-16-13-10-9-11-14-17-20-41-57-50(53)4-2/h4,22-23,25-28,31-34,37-38,45,48H,2-3,5-21,29-30,35-36,40-41H2,1H3. The van der Waals surface area contributed by atoms with Crippen LogP contribution in [0.15, 0.2) is 85.5 Å². The van der Waals surface area contributed by atoms with Gasteiger partial charge in [-0.2, -0.15) is 0 Å². The second kappa shape index (κ2) is 28.6. The Bertz CT molecular complexity index is 1710. The van der Waals surface area contributed by atoms with Crippen LogP contribution in [0.2, 0.25) is 0 Å². The van der Waals surface area contributed by atoms with E-state index in [1.807, 2.05) is 60.7 Å². The zero-order chi connectivity index (χ0) is 41.8. The Balaban J connectivity index is 1.05. The van der Waals surface area contributed by atoms with E-state index >= 15 is 0 Å². The molecule has 0 amide bonds. The Kier molecular flexibility index (Phi) is 22.7. The fourth-order valence-electron chi connectivity index (χ4n) is 7.58. The van der Waals surface area contributed by atoms with Crippen molar-refractivity contribution >= 4 is 17.9 Å². The van der Waals surface area contributed by atoms with Crippen LogP contribution in [-0.2, 0) is 23.9 Å². The molecule has 1 aliphatic carbocycles. The number of esters is 3. The van der Waals surface area contributed by atoms with Gasteiger partial charge in [0.05, 0.1) is 13.2 Å². The number of hydrogen-bond acceptors (Lipinski definition) is 7. The lowest BCUT2D eigenvalue weighted by molar-refractivity contribution is -0.150. The normalized spacial score (nSPS) is 14.7. The summed E-state index contributed by atoms with van der Waals surface area (Å²) in [4.78, 5) is 35.9. The molecular weight excluding hydrogens is 737 g/mol. The summed E-state index contributed by atoms with van der Waals surface area (Å²) in [6, 6.07) is 23.7. The highest BCUT2D eigenvalue weighted by Crippen LogP contribution is 2.35. The van der Waals surface area contributed by atoms with Gasteiger partial charge in [0.1, 0.15) is 17.6 Å². The molecule has 1 aliphatic rings. The first-order valence-electron chi connectivity index (χ1n) is 22.6. The molecular formula is C52H68O7. The zero-order valence-corrected chi connectivity index (χ0v) is 35.7.